The van der Waals surface area contributed by atoms with E-state index in [-0.39, 0.29) is 0 Å². The molecule has 0 aliphatic heterocycles. The molecular weight excluding hydrogens is 314 g/mol. The van der Waals surface area contributed by atoms with Gasteiger partial charge in [0.15, 0.2) is 17.5 Å². The van der Waals surface area contributed by atoms with Crippen molar-refractivity contribution in [3.05, 3.63) is 35.4 Å². The van der Waals surface area contributed by atoms with Gasteiger partial charge in [0, 0.05) is 13.1 Å². The molecule has 0 spiro atoms. The topological polar surface area (TPSA) is 54.9 Å². The minimum atomic E-state index is 0.596. The van der Waals surface area contributed by atoms with E-state index in [2.05, 4.69) is 28.6 Å². The molecule has 0 amide bonds. The van der Waals surface area contributed by atoms with Crippen LogP contribution in [0.2, 0.25) is 0 Å². The lowest BCUT2D eigenvalue weighted by molar-refractivity contribution is 0.354. The summed E-state index contributed by atoms with van der Waals surface area (Å²) in [7, 11) is 3.29. The monoisotopic (exact) mass is 345 g/mol. The summed E-state index contributed by atoms with van der Waals surface area (Å²) >= 11 is 0. The van der Waals surface area contributed by atoms with E-state index < -0.39 is 0 Å². The molecule has 5 nitrogen and oxygen atoms in total. The zero-order valence-corrected chi connectivity index (χ0v) is 15.7. The average molecular weight is 345 g/mol. The van der Waals surface area contributed by atoms with Gasteiger partial charge in [-0.2, -0.15) is 0 Å². The first-order valence-corrected chi connectivity index (χ1v) is 9.17. The number of rotatable bonds is 8. The zero-order valence-electron chi connectivity index (χ0n) is 15.7. The van der Waals surface area contributed by atoms with Gasteiger partial charge in [0.1, 0.15) is 0 Å². The van der Waals surface area contributed by atoms with Crippen LogP contribution in [0.15, 0.2) is 34.8 Å². The van der Waals surface area contributed by atoms with Crippen LogP contribution in [0, 0.1) is 0 Å². The first-order valence-electron chi connectivity index (χ1n) is 9.17. The van der Waals surface area contributed by atoms with E-state index in [1.165, 1.54) is 25.7 Å². The standard InChI is InChI=1S/C20H31N3O2/c1-4-21-20(22-13-12-16-8-6-5-7-9-16)23-15-17-10-11-18(24-2)19(14-17)25-3/h8,10-11,14H,4-7,9,12-13,15H2,1-3H3,(H2,21,22,23). The predicted molar refractivity (Wildman–Crippen MR) is 104 cm³/mol. The quantitative estimate of drug-likeness (QED) is 0.429. The van der Waals surface area contributed by atoms with E-state index in [9.17, 15) is 0 Å². The summed E-state index contributed by atoms with van der Waals surface area (Å²) in [5.41, 5.74) is 2.67. The van der Waals surface area contributed by atoms with Crippen molar-refractivity contribution < 1.29 is 9.47 Å². The molecule has 0 bridgehead atoms. The Labute approximate surface area is 151 Å². The van der Waals surface area contributed by atoms with E-state index in [4.69, 9.17) is 9.47 Å². The van der Waals surface area contributed by atoms with Crippen LogP contribution >= 0.6 is 0 Å². The van der Waals surface area contributed by atoms with Crippen molar-refractivity contribution in [1.82, 2.24) is 10.6 Å². The molecule has 2 rings (SSSR count). The molecule has 0 saturated heterocycles. The van der Waals surface area contributed by atoms with Gasteiger partial charge in [-0.15, -0.1) is 0 Å². The Morgan fingerprint density at radius 2 is 1.96 bits per heavy atom. The average Bonchev–Trinajstić information content (AvgIpc) is 2.66. The Morgan fingerprint density at radius 3 is 2.64 bits per heavy atom. The molecule has 0 radical (unpaired) electrons. The number of ether oxygens (including phenoxy) is 2. The third-order valence-electron chi connectivity index (χ3n) is 4.34. The van der Waals surface area contributed by atoms with Crippen molar-refractivity contribution in [3.63, 3.8) is 0 Å². The lowest BCUT2D eigenvalue weighted by Crippen LogP contribution is -2.37. The summed E-state index contributed by atoms with van der Waals surface area (Å²) in [6.07, 6.45) is 8.66. The summed E-state index contributed by atoms with van der Waals surface area (Å²) in [5.74, 6) is 2.33. The zero-order chi connectivity index (χ0) is 17.9. The van der Waals surface area contributed by atoms with Crippen LogP contribution < -0.4 is 20.1 Å². The Kier molecular flexibility index (Phi) is 8.16. The summed E-state index contributed by atoms with van der Waals surface area (Å²) < 4.78 is 10.6. The molecule has 0 unspecified atom stereocenters. The molecule has 1 aliphatic carbocycles. The van der Waals surface area contributed by atoms with Crippen molar-refractivity contribution in [1.29, 1.82) is 0 Å². The first kappa shape index (κ1) is 19.2. The van der Waals surface area contributed by atoms with Gasteiger partial charge in [0.2, 0.25) is 0 Å². The minimum absolute atomic E-state index is 0.596. The van der Waals surface area contributed by atoms with Crippen LogP contribution in [0.5, 0.6) is 11.5 Å². The molecule has 1 aromatic carbocycles. The third kappa shape index (κ3) is 6.33. The van der Waals surface area contributed by atoms with Crippen LogP contribution in [-0.2, 0) is 6.54 Å². The highest BCUT2D eigenvalue weighted by Crippen LogP contribution is 2.27. The molecule has 138 valence electrons. The molecule has 1 aromatic rings. The van der Waals surface area contributed by atoms with Gasteiger partial charge in [-0.25, -0.2) is 4.99 Å². The fraction of sp³-hybridized carbons (Fsp3) is 0.550. The molecular formula is C20H31N3O2. The van der Waals surface area contributed by atoms with Gasteiger partial charge in [0.05, 0.1) is 20.8 Å². The van der Waals surface area contributed by atoms with Gasteiger partial charge in [-0.1, -0.05) is 17.7 Å². The number of nitrogens with zero attached hydrogens (tertiary/aromatic N) is 1. The minimum Gasteiger partial charge on any atom is -0.493 e. The fourth-order valence-corrected chi connectivity index (χ4v) is 2.96. The summed E-state index contributed by atoms with van der Waals surface area (Å²) in [6, 6.07) is 5.90. The number of nitrogens with one attached hydrogen (secondary N) is 2. The normalized spacial score (nSPS) is 14.7. The second-order valence-corrected chi connectivity index (χ2v) is 6.17. The highest BCUT2D eigenvalue weighted by molar-refractivity contribution is 5.79. The maximum Gasteiger partial charge on any atom is 0.191 e. The van der Waals surface area contributed by atoms with Gasteiger partial charge >= 0.3 is 0 Å². The van der Waals surface area contributed by atoms with Crippen LogP contribution in [0.1, 0.15) is 44.6 Å². The van der Waals surface area contributed by atoms with Crippen molar-refractivity contribution in [2.45, 2.75) is 45.6 Å². The maximum atomic E-state index is 5.35. The summed E-state index contributed by atoms with van der Waals surface area (Å²) in [6.45, 7) is 4.44. The molecule has 2 N–H and O–H groups in total. The molecule has 0 aromatic heterocycles. The number of guanidine groups is 1. The largest absolute Gasteiger partial charge is 0.493 e. The van der Waals surface area contributed by atoms with E-state index >= 15 is 0 Å². The number of hydrogen-bond acceptors (Lipinski definition) is 3. The van der Waals surface area contributed by atoms with Crippen LogP contribution in [0.25, 0.3) is 0 Å². The predicted octanol–water partition coefficient (Wildman–Crippen LogP) is 3.65. The number of aliphatic imine (C=N–C) groups is 1. The maximum absolute atomic E-state index is 5.35. The van der Waals surface area contributed by atoms with E-state index in [1.807, 2.05) is 18.2 Å². The highest BCUT2D eigenvalue weighted by Gasteiger charge is 2.06. The first-order chi connectivity index (χ1) is 12.3. The molecule has 1 aliphatic rings. The molecule has 0 fully saturated rings. The SMILES string of the molecule is CCNC(=NCc1ccc(OC)c(OC)c1)NCCC1=CCCCC1. The molecule has 5 heteroatoms. The number of allylic oxidation sites excluding steroid dienone is 1. The van der Waals surface area contributed by atoms with E-state index in [0.29, 0.717) is 6.54 Å². The Morgan fingerprint density at radius 1 is 1.12 bits per heavy atom. The van der Waals surface area contributed by atoms with Gasteiger partial charge in [-0.3, -0.25) is 0 Å². The lowest BCUT2D eigenvalue weighted by atomic mass is 9.97. The molecule has 25 heavy (non-hydrogen) atoms. The van der Waals surface area contributed by atoms with E-state index in [0.717, 1.165) is 42.5 Å². The molecule has 0 saturated carbocycles. The second-order valence-electron chi connectivity index (χ2n) is 6.17. The van der Waals surface area contributed by atoms with Crippen molar-refractivity contribution in [2.24, 2.45) is 4.99 Å². The Bertz CT molecular complexity index is 597. The summed E-state index contributed by atoms with van der Waals surface area (Å²) in [5, 5.41) is 6.74. The molecule has 0 heterocycles. The Balaban J connectivity index is 1.91. The second kappa shape index (κ2) is 10.6. The highest BCUT2D eigenvalue weighted by atomic mass is 16.5. The fourth-order valence-electron chi connectivity index (χ4n) is 2.96. The number of hydrogen-bond donors (Lipinski definition) is 2. The van der Waals surface area contributed by atoms with Crippen LogP contribution in [0.4, 0.5) is 0 Å². The number of methoxy groups -OCH3 is 2. The van der Waals surface area contributed by atoms with Crippen molar-refractivity contribution >= 4 is 5.96 Å². The van der Waals surface area contributed by atoms with Crippen LogP contribution in [0.3, 0.4) is 0 Å². The number of benzene rings is 1. The van der Waals surface area contributed by atoms with Gasteiger partial charge in [0.25, 0.3) is 0 Å². The third-order valence-corrected chi connectivity index (χ3v) is 4.34. The Hall–Kier alpha value is -2.17. The van der Waals surface area contributed by atoms with E-state index in [1.54, 1.807) is 19.8 Å². The van der Waals surface area contributed by atoms with Gasteiger partial charge in [-0.05, 0) is 56.7 Å². The summed E-state index contributed by atoms with van der Waals surface area (Å²) in [4.78, 5) is 4.68. The van der Waals surface area contributed by atoms with Gasteiger partial charge < -0.3 is 20.1 Å². The smallest absolute Gasteiger partial charge is 0.191 e. The lowest BCUT2D eigenvalue weighted by Gasteiger charge is -2.15. The van der Waals surface area contributed by atoms with Crippen molar-refractivity contribution in [3.8, 4) is 11.5 Å². The van der Waals surface area contributed by atoms with Crippen LogP contribution in [-0.4, -0.2) is 33.3 Å². The molecule has 0 atom stereocenters. The van der Waals surface area contributed by atoms with Crippen molar-refractivity contribution in [2.75, 3.05) is 27.3 Å².